The molecule has 2 aromatic heterocycles. The molecule has 18 heavy (non-hydrogen) atoms. The van der Waals surface area contributed by atoms with Crippen molar-refractivity contribution in [2.24, 2.45) is 5.92 Å². The zero-order chi connectivity index (χ0) is 12.5. The Hall–Kier alpha value is -1.14. The Bertz CT molecular complexity index is 556. The van der Waals surface area contributed by atoms with Crippen LogP contribution in [0.3, 0.4) is 0 Å². The Morgan fingerprint density at radius 1 is 1.50 bits per heavy atom. The Morgan fingerprint density at radius 2 is 2.39 bits per heavy atom. The van der Waals surface area contributed by atoms with Crippen LogP contribution in [0.25, 0.3) is 5.65 Å². The van der Waals surface area contributed by atoms with Gasteiger partial charge in [-0.05, 0) is 28.8 Å². The molecule has 0 saturated heterocycles. The molecule has 2 unspecified atom stereocenters. The average Bonchev–Trinajstić information content (AvgIpc) is 2.96. The summed E-state index contributed by atoms with van der Waals surface area (Å²) >= 11 is 3.40. The lowest BCUT2D eigenvalue weighted by molar-refractivity contribution is 0.222. The van der Waals surface area contributed by atoms with Gasteiger partial charge in [0, 0.05) is 37.2 Å². The number of aliphatic hydroxyl groups is 1. The zero-order valence-electron chi connectivity index (χ0n) is 9.88. The van der Waals surface area contributed by atoms with E-state index in [2.05, 4.69) is 31.2 Å². The number of imidazole rings is 1. The van der Waals surface area contributed by atoms with Gasteiger partial charge in [0.15, 0.2) is 11.5 Å². The maximum atomic E-state index is 9.35. The summed E-state index contributed by atoms with van der Waals surface area (Å²) in [5, 5.41) is 12.8. The maximum Gasteiger partial charge on any atom is 0.180 e. The number of nitrogens with zero attached hydrogens (tertiary/aromatic N) is 3. The summed E-state index contributed by atoms with van der Waals surface area (Å²) in [6, 6.07) is 0.289. The molecule has 0 amide bonds. The predicted molar refractivity (Wildman–Crippen MR) is 72.5 cm³/mol. The van der Waals surface area contributed by atoms with Crippen molar-refractivity contribution in [1.29, 1.82) is 0 Å². The average molecular weight is 311 g/mol. The molecular formula is C12H15BrN4O. The topological polar surface area (TPSA) is 62.5 Å². The first-order chi connectivity index (χ1) is 8.78. The maximum absolute atomic E-state index is 9.35. The summed E-state index contributed by atoms with van der Waals surface area (Å²) in [6.45, 7) is 0.233. The second-order valence-electron chi connectivity index (χ2n) is 4.69. The van der Waals surface area contributed by atoms with E-state index in [0.29, 0.717) is 5.92 Å². The van der Waals surface area contributed by atoms with Crippen molar-refractivity contribution in [3.8, 4) is 0 Å². The van der Waals surface area contributed by atoms with Gasteiger partial charge in [-0.3, -0.25) is 0 Å². The fourth-order valence-corrected chi connectivity index (χ4v) is 3.02. The number of hydrogen-bond acceptors (Lipinski definition) is 4. The highest BCUT2D eigenvalue weighted by Crippen LogP contribution is 2.29. The van der Waals surface area contributed by atoms with Gasteiger partial charge in [0.1, 0.15) is 4.60 Å². The van der Waals surface area contributed by atoms with Gasteiger partial charge < -0.3 is 14.8 Å². The smallest absolute Gasteiger partial charge is 0.180 e. The third-order valence-corrected chi connectivity index (χ3v) is 3.94. The van der Waals surface area contributed by atoms with Gasteiger partial charge in [-0.1, -0.05) is 6.42 Å². The molecule has 1 aliphatic rings. The highest BCUT2D eigenvalue weighted by molar-refractivity contribution is 9.10. The summed E-state index contributed by atoms with van der Waals surface area (Å²) in [6.07, 6.45) is 8.84. The van der Waals surface area contributed by atoms with Crippen molar-refractivity contribution in [2.75, 3.05) is 11.9 Å². The van der Waals surface area contributed by atoms with Crippen molar-refractivity contribution in [3.63, 3.8) is 0 Å². The molecular weight excluding hydrogens is 296 g/mol. The van der Waals surface area contributed by atoms with E-state index in [0.717, 1.165) is 35.3 Å². The molecule has 0 bridgehead atoms. The first-order valence-electron chi connectivity index (χ1n) is 6.14. The van der Waals surface area contributed by atoms with Crippen LogP contribution in [-0.2, 0) is 0 Å². The van der Waals surface area contributed by atoms with E-state index in [9.17, 15) is 5.11 Å². The lowest BCUT2D eigenvalue weighted by Gasteiger charge is -2.19. The summed E-state index contributed by atoms with van der Waals surface area (Å²) in [5.41, 5.74) is 0.821. The summed E-state index contributed by atoms with van der Waals surface area (Å²) in [4.78, 5) is 8.75. The van der Waals surface area contributed by atoms with Crippen molar-refractivity contribution < 1.29 is 5.11 Å². The Labute approximate surface area is 113 Å². The van der Waals surface area contributed by atoms with Crippen LogP contribution < -0.4 is 5.32 Å². The third-order valence-electron chi connectivity index (χ3n) is 3.56. The van der Waals surface area contributed by atoms with Crippen LogP contribution in [0.2, 0.25) is 0 Å². The van der Waals surface area contributed by atoms with Crippen LogP contribution in [0.4, 0.5) is 5.82 Å². The molecule has 2 aromatic rings. The van der Waals surface area contributed by atoms with Crippen LogP contribution >= 0.6 is 15.9 Å². The quantitative estimate of drug-likeness (QED) is 0.911. The van der Waals surface area contributed by atoms with E-state index < -0.39 is 0 Å². The molecule has 96 valence electrons. The van der Waals surface area contributed by atoms with Gasteiger partial charge in [0.05, 0.1) is 0 Å². The molecule has 0 spiro atoms. The van der Waals surface area contributed by atoms with Gasteiger partial charge >= 0.3 is 0 Å². The second-order valence-corrected chi connectivity index (χ2v) is 5.51. The lowest BCUT2D eigenvalue weighted by Crippen LogP contribution is -2.27. The molecule has 1 saturated carbocycles. The van der Waals surface area contributed by atoms with E-state index in [1.54, 1.807) is 6.20 Å². The molecule has 1 aliphatic carbocycles. The Balaban J connectivity index is 1.92. The third kappa shape index (κ3) is 2.10. The SMILES string of the molecule is OCC1CCCC1Nc1nc(Br)cn2ccnc12. The zero-order valence-corrected chi connectivity index (χ0v) is 11.5. The standard InChI is InChI=1S/C12H15BrN4O/c13-10-6-17-5-4-14-12(17)11(16-10)15-9-3-1-2-8(9)7-18/h4-6,8-9,18H,1-3,7H2,(H,15,16). The Kier molecular flexibility index (Phi) is 3.22. The summed E-state index contributed by atoms with van der Waals surface area (Å²) in [5.74, 6) is 1.10. The summed E-state index contributed by atoms with van der Waals surface area (Å²) in [7, 11) is 0. The number of fused-ring (bicyclic) bond motifs is 1. The van der Waals surface area contributed by atoms with Gasteiger partial charge in [-0.25, -0.2) is 9.97 Å². The lowest BCUT2D eigenvalue weighted by atomic mass is 10.1. The van der Waals surface area contributed by atoms with Crippen LogP contribution in [0.5, 0.6) is 0 Å². The van der Waals surface area contributed by atoms with Crippen molar-refractivity contribution in [1.82, 2.24) is 14.4 Å². The number of anilines is 1. The highest BCUT2D eigenvalue weighted by Gasteiger charge is 2.27. The molecule has 0 aromatic carbocycles. The molecule has 0 aliphatic heterocycles. The fourth-order valence-electron chi connectivity index (χ4n) is 2.62. The number of rotatable bonds is 3. The molecule has 5 nitrogen and oxygen atoms in total. The molecule has 2 N–H and O–H groups in total. The minimum absolute atomic E-state index is 0.233. The molecule has 3 rings (SSSR count). The van der Waals surface area contributed by atoms with Crippen molar-refractivity contribution in [3.05, 3.63) is 23.2 Å². The van der Waals surface area contributed by atoms with Crippen LogP contribution in [-0.4, -0.2) is 32.1 Å². The minimum atomic E-state index is 0.233. The number of halogens is 1. The van der Waals surface area contributed by atoms with Gasteiger partial charge in [0.25, 0.3) is 0 Å². The number of aromatic nitrogens is 3. The van der Waals surface area contributed by atoms with Gasteiger partial charge in [-0.15, -0.1) is 0 Å². The minimum Gasteiger partial charge on any atom is -0.396 e. The van der Waals surface area contributed by atoms with Crippen LogP contribution in [0.15, 0.2) is 23.2 Å². The molecule has 1 fully saturated rings. The Morgan fingerprint density at radius 3 is 3.22 bits per heavy atom. The first kappa shape index (κ1) is 11.9. The van der Waals surface area contributed by atoms with E-state index in [4.69, 9.17) is 0 Å². The number of hydrogen-bond donors (Lipinski definition) is 2. The summed E-state index contributed by atoms with van der Waals surface area (Å²) < 4.78 is 2.71. The molecule has 0 radical (unpaired) electrons. The molecule has 2 heterocycles. The van der Waals surface area contributed by atoms with Crippen molar-refractivity contribution in [2.45, 2.75) is 25.3 Å². The van der Waals surface area contributed by atoms with E-state index in [-0.39, 0.29) is 12.6 Å². The number of nitrogens with one attached hydrogen (secondary N) is 1. The largest absolute Gasteiger partial charge is 0.396 e. The molecule has 6 heteroatoms. The van der Waals surface area contributed by atoms with E-state index in [1.807, 2.05) is 16.8 Å². The predicted octanol–water partition coefficient (Wildman–Crippen LogP) is 2.06. The van der Waals surface area contributed by atoms with Gasteiger partial charge in [-0.2, -0.15) is 0 Å². The molecule has 2 atom stereocenters. The van der Waals surface area contributed by atoms with Crippen molar-refractivity contribution >= 4 is 27.4 Å². The monoisotopic (exact) mass is 310 g/mol. The fraction of sp³-hybridized carbons (Fsp3) is 0.500. The van der Waals surface area contributed by atoms with E-state index in [1.165, 1.54) is 0 Å². The second kappa shape index (κ2) is 4.85. The van der Waals surface area contributed by atoms with Gasteiger partial charge in [0.2, 0.25) is 0 Å². The van der Waals surface area contributed by atoms with Crippen LogP contribution in [0, 0.1) is 5.92 Å². The highest BCUT2D eigenvalue weighted by atomic mass is 79.9. The number of aliphatic hydroxyl groups excluding tert-OH is 1. The first-order valence-corrected chi connectivity index (χ1v) is 6.94. The van der Waals surface area contributed by atoms with Crippen LogP contribution in [0.1, 0.15) is 19.3 Å². The normalized spacial score (nSPS) is 23.7. The van der Waals surface area contributed by atoms with E-state index >= 15 is 0 Å².